The first-order valence-electron chi connectivity index (χ1n) is 19.2. The molecule has 16 heteroatoms. The van der Waals surface area contributed by atoms with Crippen LogP contribution in [0.3, 0.4) is 0 Å². The van der Waals surface area contributed by atoms with Crippen LogP contribution in [0.4, 0.5) is 25.1 Å². The molecule has 296 valence electrons. The number of aromatic nitrogens is 4. The molecule has 0 radical (unpaired) electrons. The maximum Gasteiger partial charge on any atom is 0.412 e. The molecule has 2 fully saturated rings. The van der Waals surface area contributed by atoms with Gasteiger partial charge in [0.25, 0.3) is 5.91 Å². The highest BCUT2D eigenvalue weighted by molar-refractivity contribution is 6.32. The molecule has 1 spiro atoms. The molecular weight excluding hydrogens is 734 g/mol. The minimum absolute atomic E-state index is 0.0857. The largest absolute Gasteiger partial charge is 0.461 e. The van der Waals surface area contributed by atoms with E-state index in [1.165, 1.54) is 11.0 Å². The molecule has 4 aliphatic heterocycles. The van der Waals surface area contributed by atoms with Crippen molar-refractivity contribution in [2.24, 2.45) is 0 Å². The number of carbonyl (C=O) groups is 2. The van der Waals surface area contributed by atoms with Crippen molar-refractivity contribution < 1.29 is 32.6 Å². The van der Waals surface area contributed by atoms with E-state index in [9.17, 15) is 14.0 Å². The first kappa shape index (κ1) is 37.8. The molecule has 6 heterocycles. The van der Waals surface area contributed by atoms with E-state index in [0.29, 0.717) is 85.2 Å². The van der Waals surface area contributed by atoms with Gasteiger partial charge in [0.15, 0.2) is 11.5 Å². The van der Waals surface area contributed by atoms with Crippen molar-refractivity contribution in [1.29, 1.82) is 0 Å². The van der Waals surface area contributed by atoms with E-state index in [-0.39, 0.29) is 37.2 Å². The van der Waals surface area contributed by atoms with Crippen LogP contribution in [0.5, 0.6) is 6.01 Å². The monoisotopic (exact) mass is 782 g/mol. The van der Waals surface area contributed by atoms with Gasteiger partial charge in [0.1, 0.15) is 29.8 Å². The van der Waals surface area contributed by atoms with Gasteiger partial charge in [-0.2, -0.15) is 15.1 Å². The Labute approximate surface area is 324 Å². The summed E-state index contributed by atoms with van der Waals surface area (Å²) in [5.41, 5.74) is 1.21. The van der Waals surface area contributed by atoms with Gasteiger partial charge in [-0.05, 0) is 83.5 Å². The highest BCUT2D eigenvalue weighted by atomic mass is 35.5. The molecule has 55 heavy (non-hydrogen) atoms. The van der Waals surface area contributed by atoms with E-state index in [1.807, 2.05) is 10.7 Å². The average Bonchev–Trinajstić information content (AvgIpc) is 3.74. The van der Waals surface area contributed by atoms with E-state index in [0.717, 1.165) is 37.1 Å². The van der Waals surface area contributed by atoms with Crippen LogP contribution in [0.1, 0.15) is 97.9 Å². The number of aryl methyl sites for hydroxylation is 1. The number of nitrogens with one attached hydrogen (secondary N) is 1. The van der Waals surface area contributed by atoms with Crippen LogP contribution < -0.4 is 15.0 Å². The number of carbonyl (C=O) groups excluding carboxylic acids is 2. The second-order valence-corrected chi connectivity index (χ2v) is 17.3. The Morgan fingerprint density at radius 1 is 1.11 bits per heavy atom. The highest BCUT2D eigenvalue weighted by Crippen LogP contribution is 2.50. The Hall–Kier alpha value is -4.08. The molecule has 5 aliphatic rings. The summed E-state index contributed by atoms with van der Waals surface area (Å²) in [7, 11) is 3.40. The molecule has 1 N–H and O–H groups in total. The maximum absolute atomic E-state index is 16.8. The summed E-state index contributed by atoms with van der Waals surface area (Å²) in [5.74, 6) is -0.158. The number of nitrogens with zero attached hydrogens (tertiary/aromatic N) is 7. The molecule has 2 aromatic heterocycles. The average molecular weight is 783 g/mol. The third-order valence-electron chi connectivity index (χ3n) is 11.6. The molecule has 2 amide bonds. The zero-order valence-corrected chi connectivity index (χ0v) is 32.9. The molecule has 8 rings (SSSR count). The molecule has 0 bridgehead atoms. The van der Waals surface area contributed by atoms with Gasteiger partial charge in [-0.25, -0.2) is 13.6 Å². The number of alkyl halides is 1. The third kappa shape index (κ3) is 7.12. The minimum Gasteiger partial charge on any atom is -0.461 e. The second kappa shape index (κ2) is 14.1. The van der Waals surface area contributed by atoms with Crippen molar-refractivity contribution >= 4 is 35.1 Å². The Morgan fingerprint density at radius 2 is 1.93 bits per heavy atom. The molecule has 1 aliphatic carbocycles. The molecule has 3 aromatic rings. The lowest BCUT2D eigenvalue weighted by atomic mass is 9.74. The van der Waals surface area contributed by atoms with Crippen LogP contribution in [0.15, 0.2) is 12.1 Å². The fourth-order valence-electron chi connectivity index (χ4n) is 9.16. The summed E-state index contributed by atoms with van der Waals surface area (Å²) in [6, 6.07) is 3.43. The molecule has 0 saturated carbocycles. The van der Waals surface area contributed by atoms with Crippen molar-refractivity contribution in [3.05, 3.63) is 56.7 Å². The summed E-state index contributed by atoms with van der Waals surface area (Å²) in [4.78, 5) is 41.4. The minimum atomic E-state index is -1.13. The Balaban J connectivity index is 1.17. The van der Waals surface area contributed by atoms with Gasteiger partial charge in [-0.15, -0.1) is 0 Å². The quantitative estimate of drug-likeness (QED) is 0.310. The van der Waals surface area contributed by atoms with Gasteiger partial charge < -0.3 is 24.0 Å². The Kier molecular flexibility index (Phi) is 9.72. The smallest absolute Gasteiger partial charge is 0.412 e. The zero-order valence-electron chi connectivity index (χ0n) is 32.1. The molecule has 13 nitrogen and oxygen atoms in total. The van der Waals surface area contributed by atoms with Crippen molar-refractivity contribution in [2.75, 3.05) is 50.6 Å². The summed E-state index contributed by atoms with van der Waals surface area (Å²) < 4.78 is 52.0. The first-order chi connectivity index (χ1) is 26.1. The predicted molar refractivity (Wildman–Crippen MR) is 201 cm³/mol. The standard InChI is InChI=1S/C39H49ClF2N8O5/c1-37(2,3)55-36(52)44-28-16-27(40)25-9-6-11-39(31(25)32(28)42)18-30-26(21-54-39)33(45-35(43-30)53-22-38-10-7-13-49(38)19-23(41)17-38)48-12-8-14-50-24(20-48)15-29(46-50)34(51)47(4)5/h15-16,23H,6-14,17-22H2,1-5H3,(H,44,52)/t23-,38+,39?/m1/s1. The van der Waals surface area contributed by atoms with Crippen molar-refractivity contribution in [3.8, 4) is 6.01 Å². The Morgan fingerprint density at radius 3 is 2.71 bits per heavy atom. The van der Waals surface area contributed by atoms with Crippen LogP contribution in [-0.4, -0.2) is 99.2 Å². The van der Waals surface area contributed by atoms with Crippen LogP contribution in [-0.2, 0) is 47.6 Å². The number of ether oxygens (including phenoxy) is 3. The Bertz CT molecular complexity index is 2020. The van der Waals surface area contributed by atoms with Gasteiger partial charge >= 0.3 is 12.1 Å². The second-order valence-electron chi connectivity index (χ2n) is 16.9. The van der Waals surface area contributed by atoms with E-state index in [2.05, 4.69) is 20.2 Å². The fraction of sp³-hybridized carbons (Fsp3) is 0.615. The molecule has 2 saturated heterocycles. The first-order valence-corrected chi connectivity index (χ1v) is 19.6. The summed E-state index contributed by atoms with van der Waals surface area (Å²) in [6.45, 7) is 8.47. The van der Waals surface area contributed by atoms with Crippen molar-refractivity contribution in [2.45, 2.75) is 115 Å². The van der Waals surface area contributed by atoms with Crippen LogP contribution in [0, 0.1) is 5.82 Å². The van der Waals surface area contributed by atoms with E-state index in [4.69, 9.17) is 35.8 Å². The van der Waals surface area contributed by atoms with Gasteiger partial charge in [0, 0.05) is 62.7 Å². The van der Waals surface area contributed by atoms with E-state index in [1.54, 1.807) is 34.9 Å². The number of rotatable bonds is 6. The lowest BCUT2D eigenvalue weighted by molar-refractivity contribution is -0.0876. The molecule has 1 aromatic carbocycles. The SMILES string of the molecule is CN(C)C(=O)c1cc2n(n1)CCCN(c1nc(OC[C@@]34CCCN3C[C@H](F)C4)nc3c1COC1(CCCc4c(Cl)cc(NC(=O)OC(C)(C)C)c(F)c41)C3)C2. The lowest BCUT2D eigenvalue weighted by Gasteiger charge is -2.43. The number of amides is 2. The number of fused-ring (bicyclic) bond motifs is 5. The number of halogens is 3. The summed E-state index contributed by atoms with van der Waals surface area (Å²) >= 11 is 6.81. The van der Waals surface area contributed by atoms with E-state index < -0.39 is 34.8 Å². The molecule has 3 atom stereocenters. The zero-order chi connectivity index (χ0) is 38.9. The van der Waals surface area contributed by atoms with Gasteiger partial charge in [-0.1, -0.05) is 11.6 Å². The van der Waals surface area contributed by atoms with Gasteiger partial charge in [-0.3, -0.25) is 19.7 Å². The van der Waals surface area contributed by atoms with Crippen LogP contribution >= 0.6 is 11.6 Å². The topological polar surface area (TPSA) is 127 Å². The number of anilines is 2. The van der Waals surface area contributed by atoms with Crippen LogP contribution in [0.2, 0.25) is 5.02 Å². The fourth-order valence-corrected chi connectivity index (χ4v) is 9.45. The molecular formula is C39H49ClF2N8O5. The maximum atomic E-state index is 16.8. The van der Waals surface area contributed by atoms with Gasteiger partial charge in [0.2, 0.25) is 0 Å². The normalized spacial score (nSPS) is 24.8. The van der Waals surface area contributed by atoms with Crippen LogP contribution in [0.25, 0.3) is 0 Å². The number of hydrogen-bond acceptors (Lipinski definition) is 10. The number of benzene rings is 1. The molecule has 1 unspecified atom stereocenters. The van der Waals surface area contributed by atoms with Crippen molar-refractivity contribution in [3.63, 3.8) is 0 Å². The van der Waals surface area contributed by atoms with E-state index >= 15 is 4.39 Å². The lowest BCUT2D eigenvalue weighted by Crippen LogP contribution is -2.44. The summed E-state index contributed by atoms with van der Waals surface area (Å²) in [5, 5.41) is 7.51. The van der Waals surface area contributed by atoms with Gasteiger partial charge in [0.05, 0.1) is 35.8 Å². The highest BCUT2D eigenvalue weighted by Gasteiger charge is 2.50. The summed E-state index contributed by atoms with van der Waals surface area (Å²) in [6.07, 6.45) is 3.22. The third-order valence-corrected chi connectivity index (χ3v) is 11.9. The predicted octanol–water partition coefficient (Wildman–Crippen LogP) is 6.18. The van der Waals surface area contributed by atoms with Crippen molar-refractivity contribution in [1.82, 2.24) is 29.5 Å². The number of hydrogen-bond donors (Lipinski definition) is 1.